The molecule has 1 aliphatic rings. The van der Waals surface area contributed by atoms with E-state index in [1.54, 1.807) is 6.20 Å². The highest BCUT2D eigenvalue weighted by molar-refractivity contribution is 5.80. The van der Waals surface area contributed by atoms with E-state index in [4.69, 9.17) is 10.5 Å². The number of anilines is 1. The van der Waals surface area contributed by atoms with Gasteiger partial charge in [0.15, 0.2) is 5.65 Å². The van der Waals surface area contributed by atoms with E-state index in [-0.39, 0.29) is 5.95 Å². The summed E-state index contributed by atoms with van der Waals surface area (Å²) < 4.78 is 5.91. The topological polar surface area (TPSA) is 89.7 Å². The van der Waals surface area contributed by atoms with Crippen molar-refractivity contribution in [1.29, 1.82) is 0 Å². The van der Waals surface area contributed by atoms with E-state index in [0.717, 1.165) is 24.0 Å². The smallest absolute Gasteiger partial charge is 0.235 e. The first kappa shape index (κ1) is 12.1. The largest absolute Gasteiger partial charge is 0.438 e. The van der Waals surface area contributed by atoms with Crippen LogP contribution < -0.4 is 10.5 Å². The second-order valence-electron chi connectivity index (χ2n) is 5.26. The normalized spacial score (nSPS) is 14.1. The first-order chi connectivity index (χ1) is 10.3. The average Bonchev–Trinajstić information content (AvgIpc) is 2.95. The van der Waals surface area contributed by atoms with E-state index in [1.165, 1.54) is 24.0 Å². The number of aryl methyl sites for hydroxylation is 2. The van der Waals surface area contributed by atoms with E-state index in [1.807, 2.05) is 6.07 Å². The Balaban J connectivity index is 1.72. The molecular weight excluding hydrogens is 266 g/mol. The Labute approximate surface area is 121 Å². The number of rotatable bonds is 2. The molecule has 2 heterocycles. The van der Waals surface area contributed by atoms with E-state index in [2.05, 4.69) is 32.3 Å². The number of aromatic nitrogens is 4. The van der Waals surface area contributed by atoms with Crippen LogP contribution in [0.5, 0.6) is 11.6 Å². The lowest BCUT2D eigenvalue weighted by Gasteiger charge is -2.16. The highest BCUT2D eigenvalue weighted by Crippen LogP contribution is 2.30. The monoisotopic (exact) mass is 281 g/mol. The summed E-state index contributed by atoms with van der Waals surface area (Å²) in [6.45, 7) is 0. The minimum Gasteiger partial charge on any atom is -0.438 e. The Hall–Kier alpha value is -2.63. The van der Waals surface area contributed by atoms with Crippen LogP contribution in [0, 0.1) is 0 Å². The summed E-state index contributed by atoms with van der Waals surface area (Å²) in [6, 6.07) is 6.22. The zero-order valence-electron chi connectivity index (χ0n) is 11.5. The van der Waals surface area contributed by atoms with E-state index in [0.29, 0.717) is 11.5 Å². The number of nitrogens with zero attached hydrogens (tertiary/aromatic N) is 3. The summed E-state index contributed by atoms with van der Waals surface area (Å²) in [5.41, 5.74) is 9.06. The Morgan fingerprint density at radius 1 is 1.10 bits per heavy atom. The van der Waals surface area contributed by atoms with Crippen LogP contribution in [0.3, 0.4) is 0 Å². The van der Waals surface area contributed by atoms with Gasteiger partial charge in [0.25, 0.3) is 0 Å². The molecule has 0 spiro atoms. The van der Waals surface area contributed by atoms with Gasteiger partial charge in [0.2, 0.25) is 11.8 Å². The van der Waals surface area contributed by atoms with Crippen molar-refractivity contribution >= 4 is 17.0 Å². The summed E-state index contributed by atoms with van der Waals surface area (Å²) in [7, 11) is 0. The fourth-order valence-electron chi connectivity index (χ4n) is 2.79. The van der Waals surface area contributed by atoms with Crippen LogP contribution in [0.1, 0.15) is 24.0 Å². The molecular formula is C15H15N5O. The molecule has 0 aliphatic heterocycles. The third-order valence-electron chi connectivity index (χ3n) is 3.83. The molecule has 0 saturated heterocycles. The number of aromatic amines is 1. The Kier molecular flexibility index (Phi) is 2.73. The molecule has 0 amide bonds. The van der Waals surface area contributed by atoms with E-state index < -0.39 is 0 Å². The number of hydrogen-bond donors (Lipinski definition) is 2. The van der Waals surface area contributed by atoms with Crippen molar-refractivity contribution in [3.05, 3.63) is 35.5 Å². The molecule has 6 nitrogen and oxygen atoms in total. The average molecular weight is 281 g/mol. The van der Waals surface area contributed by atoms with Gasteiger partial charge < -0.3 is 10.5 Å². The summed E-state index contributed by atoms with van der Waals surface area (Å²) in [5, 5.41) is 7.45. The minimum absolute atomic E-state index is 0.166. The molecule has 0 saturated carbocycles. The highest BCUT2D eigenvalue weighted by atomic mass is 16.5. The number of H-pyrrole nitrogens is 1. The lowest BCUT2D eigenvalue weighted by Crippen LogP contribution is -2.03. The van der Waals surface area contributed by atoms with Crippen molar-refractivity contribution in [3.63, 3.8) is 0 Å². The van der Waals surface area contributed by atoms with E-state index in [9.17, 15) is 0 Å². The number of nitrogens with one attached hydrogen (secondary N) is 1. The van der Waals surface area contributed by atoms with Gasteiger partial charge in [-0.25, -0.2) is 0 Å². The molecule has 1 aliphatic carbocycles. The van der Waals surface area contributed by atoms with Gasteiger partial charge in [0.1, 0.15) is 11.1 Å². The van der Waals surface area contributed by atoms with Gasteiger partial charge in [-0.05, 0) is 48.9 Å². The second-order valence-corrected chi connectivity index (χ2v) is 5.26. The molecule has 0 radical (unpaired) electrons. The molecule has 3 aromatic rings. The second kappa shape index (κ2) is 4.73. The van der Waals surface area contributed by atoms with Gasteiger partial charge in [-0.15, -0.1) is 0 Å². The maximum atomic E-state index is 5.91. The number of benzene rings is 1. The number of nitrogens with two attached hydrogens (primary N) is 1. The van der Waals surface area contributed by atoms with Gasteiger partial charge in [-0.3, -0.25) is 5.10 Å². The molecule has 106 valence electrons. The van der Waals surface area contributed by atoms with Crippen molar-refractivity contribution in [1.82, 2.24) is 20.2 Å². The maximum absolute atomic E-state index is 5.91. The zero-order valence-corrected chi connectivity index (χ0v) is 11.5. The first-order valence-corrected chi connectivity index (χ1v) is 7.06. The number of nitrogen functional groups attached to an aromatic ring is 1. The third-order valence-corrected chi connectivity index (χ3v) is 3.83. The predicted molar refractivity (Wildman–Crippen MR) is 79.3 cm³/mol. The first-order valence-electron chi connectivity index (χ1n) is 7.06. The van der Waals surface area contributed by atoms with Crippen molar-refractivity contribution in [2.75, 3.05) is 5.73 Å². The molecule has 2 aromatic heterocycles. The van der Waals surface area contributed by atoms with Crippen LogP contribution >= 0.6 is 0 Å². The Bertz CT molecular complexity index is 811. The summed E-state index contributed by atoms with van der Waals surface area (Å²) in [5.74, 6) is 1.37. The van der Waals surface area contributed by atoms with Crippen LogP contribution in [-0.2, 0) is 12.8 Å². The fraction of sp³-hybridized carbons (Fsp3) is 0.267. The number of hydrogen-bond acceptors (Lipinski definition) is 5. The predicted octanol–water partition coefficient (Wildman–Crippen LogP) is 2.61. The molecule has 3 N–H and O–H groups in total. The summed E-state index contributed by atoms with van der Waals surface area (Å²) in [6.07, 6.45) is 6.41. The van der Waals surface area contributed by atoms with Crippen molar-refractivity contribution in [2.24, 2.45) is 0 Å². The molecule has 4 rings (SSSR count). The van der Waals surface area contributed by atoms with Crippen LogP contribution in [-0.4, -0.2) is 20.2 Å². The molecule has 0 bridgehead atoms. The minimum atomic E-state index is 0.166. The SMILES string of the molecule is Nc1nc(Oc2ccc3c(c2)CCCC3)c2cn[nH]c2n1. The lowest BCUT2D eigenvalue weighted by atomic mass is 9.92. The number of ether oxygens (including phenoxy) is 1. The Morgan fingerprint density at radius 3 is 2.86 bits per heavy atom. The zero-order chi connectivity index (χ0) is 14.2. The molecule has 0 unspecified atom stereocenters. The molecule has 1 aromatic carbocycles. The van der Waals surface area contributed by atoms with Crippen LogP contribution in [0.15, 0.2) is 24.4 Å². The van der Waals surface area contributed by atoms with Gasteiger partial charge in [-0.1, -0.05) is 6.07 Å². The summed E-state index contributed by atoms with van der Waals surface area (Å²) >= 11 is 0. The quantitative estimate of drug-likeness (QED) is 0.753. The molecule has 0 atom stereocenters. The number of fused-ring (bicyclic) bond motifs is 2. The highest BCUT2D eigenvalue weighted by Gasteiger charge is 2.13. The van der Waals surface area contributed by atoms with Gasteiger partial charge in [-0.2, -0.15) is 15.1 Å². The van der Waals surface area contributed by atoms with Crippen LogP contribution in [0.4, 0.5) is 5.95 Å². The molecule has 21 heavy (non-hydrogen) atoms. The van der Waals surface area contributed by atoms with Gasteiger partial charge in [0.05, 0.1) is 6.20 Å². The lowest BCUT2D eigenvalue weighted by molar-refractivity contribution is 0.467. The molecule has 0 fully saturated rings. The third kappa shape index (κ3) is 2.18. The molecule has 6 heteroatoms. The summed E-state index contributed by atoms with van der Waals surface area (Å²) in [4.78, 5) is 8.24. The van der Waals surface area contributed by atoms with Crippen LogP contribution in [0.25, 0.3) is 11.0 Å². The Morgan fingerprint density at radius 2 is 1.95 bits per heavy atom. The van der Waals surface area contributed by atoms with Crippen molar-refractivity contribution in [3.8, 4) is 11.6 Å². The fourth-order valence-corrected chi connectivity index (χ4v) is 2.79. The van der Waals surface area contributed by atoms with E-state index >= 15 is 0 Å². The van der Waals surface area contributed by atoms with Gasteiger partial charge in [0, 0.05) is 0 Å². The van der Waals surface area contributed by atoms with Crippen molar-refractivity contribution in [2.45, 2.75) is 25.7 Å². The van der Waals surface area contributed by atoms with Crippen molar-refractivity contribution < 1.29 is 4.74 Å². The standard InChI is InChI=1S/C15H15N5O/c16-15-18-13-12(8-17-20-13)14(19-15)21-11-6-5-9-3-1-2-4-10(9)7-11/h5-8H,1-4H2,(H3,16,17,18,19,20). The van der Waals surface area contributed by atoms with Crippen LogP contribution in [0.2, 0.25) is 0 Å². The van der Waals surface area contributed by atoms with Gasteiger partial charge >= 0.3 is 0 Å². The maximum Gasteiger partial charge on any atom is 0.235 e.